The van der Waals surface area contributed by atoms with Gasteiger partial charge >= 0.3 is 24.3 Å². The number of anilines is 4. The van der Waals surface area contributed by atoms with Crippen LogP contribution in [0.5, 0.6) is 0 Å². The van der Waals surface area contributed by atoms with Gasteiger partial charge in [0.05, 0.1) is 39.9 Å². The fraction of sp³-hybridized carbons (Fsp3) is 0.286. The van der Waals surface area contributed by atoms with Crippen molar-refractivity contribution in [2.24, 2.45) is 0 Å². The second-order valence-electron chi connectivity index (χ2n) is 17.7. The topological polar surface area (TPSA) is 205 Å². The standard InChI is InChI=1S/C26H21F3N4O3S.C15H15NO3S.C12H9BrF3N3.3CH4/c1-14-9-19(32-22(10-14)33-21-12-17(6-8-30-21)26(27,28)29)20-13-31-24(37-20)25(36)7-2-3-15-11-16(23(34)35)4-5-18(15)25;1-19-13(17)11-4-5-12-10(9-11)3-2-6-15(12,18)14-16-7-8-20-14;1-7-4-9(13)18-11(5-7)19-10-6-8(2-3-17-10)12(14,15)16;;;/h4-6,8-13,36H,2-3,7H2,1H3,(H,34,35)(H,30,32,33);4-5,7-9,18H,2-3,6H2,1H3;2-6H,1H3,(H,17,18,19);3*1H4. The Morgan fingerprint density at radius 1 is 0.646 bits per heavy atom. The zero-order valence-electron chi connectivity index (χ0n) is 40.4. The number of carbonyl (C=O) groups is 2. The normalized spacial score (nSPS) is 16.3. The van der Waals surface area contributed by atoms with Crippen LogP contribution in [0.2, 0.25) is 0 Å². The zero-order chi connectivity index (χ0) is 54.6. The van der Waals surface area contributed by atoms with E-state index in [1.54, 1.807) is 48.8 Å². The molecule has 0 saturated heterocycles. The van der Waals surface area contributed by atoms with E-state index in [0.29, 0.717) is 73.6 Å². The van der Waals surface area contributed by atoms with Gasteiger partial charge in [-0.3, -0.25) is 0 Å². The van der Waals surface area contributed by atoms with Crippen molar-refractivity contribution in [3.05, 3.63) is 185 Å². The summed E-state index contributed by atoms with van der Waals surface area (Å²) in [6.07, 6.45) is 0.770. The van der Waals surface area contributed by atoms with E-state index in [1.807, 2.05) is 37.4 Å². The van der Waals surface area contributed by atoms with Gasteiger partial charge in [0.15, 0.2) is 0 Å². The van der Waals surface area contributed by atoms with E-state index >= 15 is 0 Å². The van der Waals surface area contributed by atoms with Gasteiger partial charge in [0.2, 0.25) is 0 Å². The number of methoxy groups -OCH3 is 1. The van der Waals surface area contributed by atoms with Crippen LogP contribution in [0.1, 0.15) is 123 Å². The van der Waals surface area contributed by atoms with Crippen LogP contribution in [0.3, 0.4) is 0 Å². The first kappa shape index (κ1) is 62.7. The summed E-state index contributed by atoms with van der Waals surface area (Å²) < 4.78 is 82.2. The first-order valence-electron chi connectivity index (χ1n) is 23.2. The highest BCUT2D eigenvalue weighted by molar-refractivity contribution is 9.10. The molecule has 10 rings (SSSR count). The van der Waals surface area contributed by atoms with Gasteiger partial charge in [-0.25, -0.2) is 39.5 Å². The number of aromatic carboxylic acids is 1. The summed E-state index contributed by atoms with van der Waals surface area (Å²) in [5, 5.41) is 40.6. The van der Waals surface area contributed by atoms with Crippen LogP contribution in [0, 0.1) is 13.8 Å². The Kier molecular flexibility index (Phi) is 20.4. The van der Waals surface area contributed by atoms with Gasteiger partial charge in [-0.1, -0.05) is 34.4 Å². The van der Waals surface area contributed by atoms with Crippen LogP contribution in [-0.2, 0) is 41.1 Å². The molecule has 418 valence electrons. The molecule has 6 heterocycles. The highest BCUT2D eigenvalue weighted by atomic mass is 79.9. The third-order valence-corrected chi connectivity index (χ3v) is 14.7. The number of nitrogens with zero attached hydrogens (tertiary/aromatic N) is 6. The number of thiazole rings is 2. The van der Waals surface area contributed by atoms with Gasteiger partial charge in [0, 0.05) is 30.2 Å². The summed E-state index contributed by atoms with van der Waals surface area (Å²) >= 11 is 5.94. The number of esters is 1. The maximum Gasteiger partial charge on any atom is 0.416 e. The lowest BCUT2D eigenvalue weighted by atomic mass is 9.79. The summed E-state index contributed by atoms with van der Waals surface area (Å²) in [6.45, 7) is 3.69. The summed E-state index contributed by atoms with van der Waals surface area (Å²) in [7, 11) is 1.37. The number of aromatic nitrogens is 6. The van der Waals surface area contributed by atoms with Crippen molar-refractivity contribution in [3.63, 3.8) is 0 Å². The first-order valence-corrected chi connectivity index (χ1v) is 25.6. The Bertz CT molecular complexity index is 3400. The predicted octanol–water partition coefficient (Wildman–Crippen LogP) is 14.7. The number of halogens is 7. The molecule has 0 aliphatic heterocycles. The molecular formula is C56H57BrF6N8O6S2. The molecule has 0 bridgehead atoms. The number of aliphatic hydroxyl groups is 2. The Morgan fingerprint density at radius 3 is 1.67 bits per heavy atom. The lowest BCUT2D eigenvalue weighted by Gasteiger charge is -2.33. The van der Waals surface area contributed by atoms with E-state index in [4.69, 9.17) is 4.74 Å². The zero-order valence-corrected chi connectivity index (χ0v) is 43.6. The molecule has 5 N–H and O–H groups in total. The van der Waals surface area contributed by atoms with Gasteiger partial charge in [-0.05, 0) is 174 Å². The van der Waals surface area contributed by atoms with Crippen molar-refractivity contribution in [3.8, 4) is 10.6 Å². The van der Waals surface area contributed by atoms with E-state index in [1.165, 1.54) is 35.8 Å². The molecule has 2 aliphatic rings. The number of hydrogen-bond donors (Lipinski definition) is 5. The molecule has 23 heteroatoms. The molecule has 2 unspecified atom stereocenters. The maximum absolute atomic E-state index is 13.1. The van der Waals surface area contributed by atoms with Gasteiger partial charge in [0.1, 0.15) is 49.1 Å². The van der Waals surface area contributed by atoms with E-state index in [0.717, 1.165) is 77.3 Å². The molecule has 79 heavy (non-hydrogen) atoms. The molecule has 6 aromatic heterocycles. The van der Waals surface area contributed by atoms with Crippen LogP contribution in [0.25, 0.3) is 10.6 Å². The van der Waals surface area contributed by atoms with E-state index < -0.39 is 40.7 Å². The molecule has 0 spiro atoms. The van der Waals surface area contributed by atoms with Crippen molar-refractivity contribution in [2.75, 3.05) is 17.7 Å². The predicted molar refractivity (Wildman–Crippen MR) is 297 cm³/mol. The van der Waals surface area contributed by atoms with Crippen LogP contribution in [0.4, 0.5) is 49.6 Å². The number of rotatable bonds is 9. The number of carbonyl (C=O) groups excluding carboxylic acids is 1. The van der Waals surface area contributed by atoms with Crippen molar-refractivity contribution in [1.29, 1.82) is 0 Å². The Morgan fingerprint density at radius 2 is 1.16 bits per heavy atom. The fourth-order valence-corrected chi connectivity index (χ4v) is 11.1. The van der Waals surface area contributed by atoms with E-state index in [2.05, 4.69) is 56.5 Å². The largest absolute Gasteiger partial charge is 0.478 e. The Hall–Kier alpha value is -7.18. The number of fused-ring (bicyclic) bond motifs is 2. The maximum atomic E-state index is 13.1. The average Bonchev–Trinajstić information content (AvgIpc) is 4.24. The van der Waals surface area contributed by atoms with Crippen LogP contribution < -0.4 is 10.6 Å². The number of benzene rings is 2. The molecule has 0 fully saturated rings. The summed E-state index contributed by atoms with van der Waals surface area (Å²) in [6, 6.07) is 20.8. The highest BCUT2D eigenvalue weighted by Crippen LogP contribution is 2.45. The Labute approximate surface area is 469 Å². The quantitative estimate of drug-likeness (QED) is 0.0518. The van der Waals surface area contributed by atoms with Gasteiger partial charge in [0.25, 0.3) is 0 Å². The molecular weight excluding hydrogens is 1140 g/mol. The van der Waals surface area contributed by atoms with Crippen molar-refractivity contribution < 1.29 is 56.0 Å². The Balaban J connectivity index is 0.000000233. The second kappa shape index (κ2) is 25.7. The summed E-state index contributed by atoms with van der Waals surface area (Å²) in [5.74, 6) is -0.518. The van der Waals surface area contributed by atoms with Crippen LogP contribution in [0.15, 0.2) is 120 Å². The third-order valence-electron chi connectivity index (χ3n) is 12.2. The molecule has 2 aliphatic carbocycles. The van der Waals surface area contributed by atoms with Crippen molar-refractivity contribution in [1.82, 2.24) is 29.9 Å². The third kappa shape index (κ3) is 14.7. The van der Waals surface area contributed by atoms with Crippen LogP contribution >= 0.6 is 38.6 Å². The summed E-state index contributed by atoms with van der Waals surface area (Å²) in [4.78, 5) is 48.8. The highest BCUT2D eigenvalue weighted by Gasteiger charge is 2.40. The fourth-order valence-electron chi connectivity index (χ4n) is 8.74. The van der Waals surface area contributed by atoms with Gasteiger partial charge in [-0.2, -0.15) is 26.3 Å². The van der Waals surface area contributed by atoms with E-state index in [9.17, 15) is 51.3 Å². The lowest BCUT2D eigenvalue weighted by molar-refractivity contribution is -0.138. The number of aryl methyl sites for hydroxylation is 4. The molecule has 0 saturated carbocycles. The smallest absolute Gasteiger partial charge is 0.416 e. The number of ether oxygens (including phenoxy) is 1. The summed E-state index contributed by atoms with van der Waals surface area (Å²) in [5.41, 5.74) is 2.28. The van der Waals surface area contributed by atoms with Crippen molar-refractivity contribution in [2.45, 2.75) is 98.2 Å². The minimum Gasteiger partial charge on any atom is -0.478 e. The molecule has 2 aromatic carbocycles. The lowest BCUT2D eigenvalue weighted by Crippen LogP contribution is -2.32. The SMILES string of the molecule is C.C.C.COC(=O)c1ccc2c(c1)CCCC2(O)c1nccs1.Cc1cc(Br)nc(Nc2cc(C(F)(F)F)ccn2)c1.Cc1cc(Nc2cc(C(F)(F)F)ccn2)nc(-c2cnc(C3(O)CCCc4cc(C(=O)O)ccc43)s2)c1. The number of pyridine rings is 4. The molecule has 8 aromatic rings. The number of nitrogens with one attached hydrogen (secondary N) is 2. The molecule has 14 nitrogen and oxygen atoms in total. The number of hydrogen-bond acceptors (Lipinski definition) is 15. The molecule has 0 amide bonds. The minimum atomic E-state index is -4.49. The van der Waals surface area contributed by atoms with E-state index in [-0.39, 0.29) is 45.4 Å². The molecule has 0 radical (unpaired) electrons. The number of carboxylic acid groups (broad SMARTS) is 1. The first-order chi connectivity index (χ1) is 36.0. The minimum absolute atomic E-state index is 0. The molecule has 2 atom stereocenters. The second-order valence-corrected chi connectivity index (χ2v) is 20.4. The van der Waals surface area contributed by atoms with Gasteiger partial charge in [-0.15, -0.1) is 22.7 Å². The number of carboxylic acids is 1. The van der Waals surface area contributed by atoms with Crippen molar-refractivity contribution >= 4 is 73.8 Å². The van der Waals surface area contributed by atoms with Crippen LogP contribution in [-0.4, -0.2) is 64.3 Å². The monoisotopic (exact) mass is 1190 g/mol. The van der Waals surface area contributed by atoms with Gasteiger partial charge < -0.3 is 30.7 Å². The average molecular weight is 1200 g/mol. The number of alkyl halides is 6.